The first-order valence-corrected chi connectivity index (χ1v) is 10.9. The van der Waals surface area contributed by atoms with E-state index in [1.54, 1.807) is 66.7 Å². The number of hydrogen-bond acceptors (Lipinski definition) is 5. The summed E-state index contributed by atoms with van der Waals surface area (Å²) in [6.45, 7) is 0. The van der Waals surface area contributed by atoms with Crippen LogP contribution in [-0.2, 0) is 4.79 Å². The van der Waals surface area contributed by atoms with Crippen molar-refractivity contribution in [3.05, 3.63) is 87.9 Å². The maximum absolute atomic E-state index is 13.5. The van der Waals surface area contributed by atoms with Gasteiger partial charge in [-0.15, -0.1) is 0 Å². The molecule has 0 spiro atoms. The van der Waals surface area contributed by atoms with Gasteiger partial charge in [-0.05, 0) is 48.6 Å². The molecule has 10 heteroatoms. The molecule has 1 heterocycles. The SMILES string of the molecule is O=C1C(N=Nc2ccccc2Cl)C(O)N(c2ccccc2)C(=S)N1c1cccc(Cl)c1Cl. The molecule has 1 aliphatic rings. The molecule has 3 aromatic rings. The third kappa shape index (κ3) is 4.22. The monoisotopic (exact) mass is 504 g/mol. The number of halogens is 3. The molecule has 0 aliphatic carbocycles. The molecule has 162 valence electrons. The van der Waals surface area contributed by atoms with Gasteiger partial charge in [-0.3, -0.25) is 14.6 Å². The maximum atomic E-state index is 13.5. The van der Waals surface area contributed by atoms with Gasteiger partial charge in [0.25, 0.3) is 5.91 Å². The normalized spacial score (nSPS) is 19.1. The molecule has 0 saturated carbocycles. The van der Waals surface area contributed by atoms with Crippen molar-refractivity contribution in [3.8, 4) is 0 Å². The molecule has 3 aromatic carbocycles. The van der Waals surface area contributed by atoms with Crippen LogP contribution in [0.4, 0.5) is 17.1 Å². The molecule has 1 saturated heterocycles. The lowest BCUT2D eigenvalue weighted by atomic mass is 10.1. The van der Waals surface area contributed by atoms with Gasteiger partial charge in [-0.25, -0.2) is 0 Å². The van der Waals surface area contributed by atoms with Crippen molar-refractivity contribution in [2.24, 2.45) is 10.2 Å². The summed E-state index contributed by atoms with van der Waals surface area (Å²) in [5.41, 5.74) is 1.21. The van der Waals surface area contributed by atoms with Gasteiger partial charge in [0.15, 0.2) is 17.4 Å². The molecule has 2 unspecified atom stereocenters. The lowest BCUT2D eigenvalue weighted by molar-refractivity contribution is -0.121. The summed E-state index contributed by atoms with van der Waals surface area (Å²) in [5, 5.41) is 20.1. The van der Waals surface area contributed by atoms with Crippen molar-refractivity contribution >= 4 is 75.1 Å². The molecule has 0 bridgehead atoms. The van der Waals surface area contributed by atoms with Gasteiger partial charge in [0.1, 0.15) is 5.69 Å². The van der Waals surface area contributed by atoms with Gasteiger partial charge in [0, 0.05) is 5.69 Å². The van der Waals surface area contributed by atoms with Crippen LogP contribution in [0.2, 0.25) is 15.1 Å². The van der Waals surface area contributed by atoms with E-state index in [-0.39, 0.29) is 20.8 Å². The Morgan fingerprint density at radius 1 is 0.875 bits per heavy atom. The molecule has 4 rings (SSSR count). The lowest BCUT2D eigenvalue weighted by Crippen LogP contribution is -2.64. The number of amides is 1. The number of thiocarbonyl (C=S) groups is 1. The number of aliphatic hydroxyl groups excluding tert-OH is 1. The van der Waals surface area contributed by atoms with Crippen LogP contribution in [0.5, 0.6) is 0 Å². The Labute approximate surface area is 204 Å². The minimum atomic E-state index is -1.40. The summed E-state index contributed by atoms with van der Waals surface area (Å²) >= 11 is 24.3. The van der Waals surface area contributed by atoms with Crippen molar-refractivity contribution < 1.29 is 9.90 Å². The summed E-state index contributed by atoms with van der Waals surface area (Å²) in [6.07, 6.45) is -1.40. The Bertz CT molecular complexity index is 1210. The number of nitrogens with zero attached hydrogens (tertiary/aromatic N) is 4. The molecule has 0 radical (unpaired) electrons. The first kappa shape index (κ1) is 22.6. The zero-order chi connectivity index (χ0) is 22.8. The predicted octanol–water partition coefficient (Wildman–Crippen LogP) is 6.26. The van der Waals surface area contributed by atoms with Crippen molar-refractivity contribution in [1.29, 1.82) is 0 Å². The first-order chi connectivity index (χ1) is 15.4. The van der Waals surface area contributed by atoms with Crippen LogP contribution in [0, 0.1) is 0 Å². The Morgan fingerprint density at radius 3 is 2.25 bits per heavy atom. The topological polar surface area (TPSA) is 68.5 Å². The Morgan fingerprint density at radius 2 is 1.53 bits per heavy atom. The Hall–Kier alpha value is -2.55. The van der Waals surface area contributed by atoms with E-state index in [4.69, 9.17) is 47.0 Å². The average Bonchev–Trinajstić information content (AvgIpc) is 2.78. The smallest absolute Gasteiger partial charge is 0.264 e. The molecule has 32 heavy (non-hydrogen) atoms. The third-order valence-electron chi connectivity index (χ3n) is 4.77. The molecule has 0 aromatic heterocycles. The average molecular weight is 506 g/mol. The van der Waals surface area contributed by atoms with Gasteiger partial charge >= 0.3 is 0 Å². The molecule has 1 N–H and O–H groups in total. The van der Waals surface area contributed by atoms with Crippen LogP contribution < -0.4 is 9.80 Å². The van der Waals surface area contributed by atoms with E-state index in [1.165, 1.54) is 9.80 Å². The van der Waals surface area contributed by atoms with Gasteiger partial charge in [-0.1, -0.05) is 71.2 Å². The molecular formula is C22H15Cl3N4O2S. The molecule has 2 atom stereocenters. The zero-order valence-electron chi connectivity index (χ0n) is 16.3. The molecule has 1 amide bonds. The second-order valence-corrected chi connectivity index (χ2v) is 8.32. The van der Waals surface area contributed by atoms with Crippen molar-refractivity contribution in [3.63, 3.8) is 0 Å². The fourth-order valence-electron chi connectivity index (χ4n) is 3.22. The molecule has 6 nitrogen and oxygen atoms in total. The van der Waals surface area contributed by atoms with Crippen LogP contribution in [0.25, 0.3) is 0 Å². The van der Waals surface area contributed by atoms with Gasteiger partial charge in [-0.2, -0.15) is 10.2 Å². The van der Waals surface area contributed by atoms with Gasteiger partial charge < -0.3 is 5.11 Å². The molecular weight excluding hydrogens is 491 g/mol. The van der Waals surface area contributed by atoms with Gasteiger partial charge in [0.2, 0.25) is 0 Å². The quantitative estimate of drug-likeness (QED) is 0.336. The van der Waals surface area contributed by atoms with Crippen LogP contribution in [-0.4, -0.2) is 28.4 Å². The highest BCUT2D eigenvalue weighted by Crippen LogP contribution is 2.37. The molecule has 1 fully saturated rings. The van der Waals surface area contributed by atoms with Crippen molar-refractivity contribution in [2.45, 2.75) is 12.3 Å². The fraction of sp³-hybridized carbons (Fsp3) is 0.0909. The van der Waals surface area contributed by atoms with Crippen LogP contribution in [0.15, 0.2) is 83.0 Å². The number of carbonyl (C=O) groups excluding carboxylic acids is 1. The van der Waals surface area contributed by atoms with E-state index in [1.807, 2.05) is 6.07 Å². The number of aliphatic hydroxyl groups is 1. The minimum absolute atomic E-state index is 0.0297. The summed E-state index contributed by atoms with van der Waals surface area (Å²) in [7, 11) is 0. The van der Waals surface area contributed by atoms with Crippen LogP contribution in [0.3, 0.4) is 0 Å². The minimum Gasteiger partial charge on any atom is -0.370 e. The zero-order valence-corrected chi connectivity index (χ0v) is 19.4. The number of azo groups is 1. The van der Waals surface area contributed by atoms with Crippen LogP contribution in [0.1, 0.15) is 0 Å². The predicted molar refractivity (Wildman–Crippen MR) is 131 cm³/mol. The fourth-order valence-corrected chi connectivity index (χ4v) is 4.18. The number of rotatable bonds is 4. The van der Waals surface area contributed by atoms with E-state index in [9.17, 15) is 9.90 Å². The van der Waals surface area contributed by atoms with E-state index in [0.717, 1.165) is 0 Å². The van der Waals surface area contributed by atoms with E-state index in [2.05, 4.69) is 10.2 Å². The second-order valence-electron chi connectivity index (χ2n) is 6.76. The van der Waals surface area contributed by atoms with Crippen molar-refractivity contribution in [1.82, 2.24) is 0 Å². The second kappa shape index (κ2) is 9.52. The number of para-hydroxylation sites is 1. The third-order valence-corrected chi connectivity index (χ3v) is 6.27. The number of anilines is 2. The standard InChI is InChI=1S/C22H15Cl3N4O2S/c23-14-9-4-5-11-16(14)26-27-19-20(30)28(13-7-2-1-3-8-13)22(32)29(21(19)31)17-12-6-10-15(24)18(17)25/h1-12,19-20,30H. The highest BCUT2D eigenvalue weighted by atomic mass is 35.5. The van der Waals surface area contributed by atoms with Crippen molar-refractivity contribution in [2.75, 3.05) is 9.80 Å². The highest BCUT2D eigenvalue weighted by Gasteiger charge is 2.46. The first-order valence-electron chi connectivity index (χ1n) is 9.40. The van der Waals surface area contributed by atoms with E-state index >= 15 is 0 Å². The molecule has 1 aliphatic heterocycles. The number of hydrogen-bond donors (Lipinski definition) is 1. The summed E-state index contributed by atoms with van der Waals surface area (Å²) < 4.78 is 0. The Balaban J connectivity index is 1.82. The number of benzene rings is 3. The lowest BCUT2D eigenvalue weighted by Gasteiger charge is -2.42. The Kier molecular flexibility index (Phi) is 6.74. The summed E-state index contributed by atoms with van der Waals surface area (Å²) in [5.74, 6) is -0.602. The summed E-state index contributed by atoms with van der Waals surface area (Å²) in [4.78, 5) is 16.1. The summed E-state index contributed by atoms with van der Waals surface area (Å²) in [6, 6.07) is 19.3. The largest absolute Gasteiger partial charge is 0.370 e. The highest BCUT2D eigenvalue weighted by molar-refractivity contribution is 7.81. The number of carbonyl (C=O) groups is 1. The van der Waals surface area contributed by atoms with E-state index in [0.29, 0.717) is 16.4 Å². The van der Waals surface area contributed by atoms with Gasteiger partial charge in [0.05, 0.1) is 20.8 Å². The van der Waals surface area contributed by atoms with Crippen LogP contribution >= 0.6 is 47.0 Å². The van der Waals surface area contributed by atoms with E-state index < -0.39 is 18.2 Å². The maximum Gasteiger partial charge on any atom is 0.264 e.